The van der Waals surface area contributed by atoms with Crippen LogP contribution in [0.3, 0.4) is 0 Å². The molecule has 0 bridgehead atoms. The van der Waals surface area contributed by atoms with Crippen LogP contribution >= 0.6 is 0 Å². The summed E-state index contributed by atoms with van der Waals surface area (Å²) in [7, 11) is 0. The fraction of sp³-hybridized carbons (Fsp3) is 0.818. The SMILES string of the molecule is CCn1nncc1C(N)C1CCC(F)(F)CC1. The van der Waals surface area contributed by atoms with Gasteiger partial charge in [0.05, 0.1) is 17.9 Å². The van der Waals surface area contributed by atoms with Crippen molar-refractivity contribution in [2.45, 2.75) is 51.1 Å². The largest absolute Gasteiger partial charge is 0.322 e. The quantitative estimate of drug-likeness (QED) is 0.886. The maximum atomic E-state index is 13.1. The van der Waals surface area contributed by atoms with Crippen molar-refractivity contribution < 1.29 is 8.78 Å². The third kappa shape index (κ3) is 2.62. The Labute approximate surface area is 99.2 Å². The lowest BCUT2D eigenvalue weighted by molar-refractivity contribution is -0.0486. The second-order valence-electron chi connectivity index (χ2n) is 4.69. The molecular weight excluding hydrogens is 226 g/mol. The number of hydrogen-bond donors (Lipinski definition) is 1. The van der Waals surface area contributed by atoms with E-state index in [4.69, 9.17) is 5.73 Å². The van der Waals surface area contributed by atoms with Gasteiger partial charge in [0.25, 0.3) is 0 Å². The zero-order valence-corrected chi connectivity index (χ0v) is 9.94. The van der Waals surface area contributed by atoms with Gasteiger partial charge in [-0.15, -0.1) is 5.10 Å². The Morgan fingerprint density at radius 3 is 2.76 bits per heavy atom. The number of rotatable bonds is 3. The minimum Gasteiger partial charge on any atom is -0.322 e. The second-order valence-corrected chi connectivity index (χ2v) is 4.69. The van der Waals surface area contributed by atoms with Crippen LogP contribution in [0.4, 0.5) is 8.78 Å². The smallest absolute Gasteiger partial charge is 0.248 e. The Morgan fingerprint density at radius 2 is 2.18 bits per heavy atom. The first-order valence-corrected chi connectivity index (χ1v) is 6.05. The van der Waals surface area contributed by atoms with E-state index in [1.807, 2.05) is 6.92 Å². The second kappa shape index (κ2) is 4.68. The predicted octanol–water partition coefficient (Wildman–Crippen LogP) is 2.12. The number of nitrogens with two attached hydrogens (primary N) is 1. The number of halogens is 2. The fourth-order valence-corrected chi connectivity index (χ4v) is 2.43. The molecule has 1 unspecified atom stereocenters. The maximum Gasteiger partial charge on any atom is 0.248 e. The summed E-state index contributed by atoms with van der Waals surface area (Å²) in [5.74, 6) is -2.39. The summed E-state index contributed by atoms with van der Waals surface area (Å²) in [5, 5.41) is 7.74. The summed E-state index contributed by atoms with van der Waals surface area (Å²) in [6, 6.07) is -0.235. The molecule has 0 aliphatic heterocycles. The molecule has 17 heavy (non-hydrogen) atoms. The molecule has 2 rings (SSSR count). The van der Waals surface area contributed by atoms with Crippen molar-refractivity contribution in [3.05, 3.63) is 11.9 Å². The van der Waals surface area contributed by atoms with Gasteiger partial charge in [-0.1, -0.05) is 5.21 Å². The molecule has 1 heterocycles. The normalized spacial score (nSPS) is 22.6. The van der Waals surface area contributed by atoms with Crippen molar-refractivity contribution in [2.24, 2.45) is 11.7 Å². The van der Waals surface area contributed by atoms with Crippen LogP contribution < -0.4 is 5.73 Å². The number of aromatic nitrogens is 3. The van der Waals surface area contributed by atoms with Gasteiger partial charge < -0.3 is 5.73 Å². The monoisotopic (exact) mass is 244 g/mol. The summed E-state index contributed by atoms with van der Waals surface area (Å²) in [6.45, 7) is 2.66. The van der Waals surface area contributed by atoms with Gasteiger partial charge in [-0.25, -0.2) is 13.5 Å². The number of nitrogens with zero attached hydrogens (tertiary/aromatic N) is 3. The van der Waals surface area contributed by atoms with Crippen LogP contribution in [0.1, 0.15) is 44.3 Å². The van der Waals surface area contributed by atoms with Gasteiger partial charge in [-0.3, -0.25) is 0 Å². The van der Waals surface area contributed by atoms with E-state index in [0.29, 0.717) is 19.4 Å². The first-order valence-electron chi connectivity index (χ1n) is 6.05. The van der Waals surface area contributed by atoms with Crippen LogP contribution in [0.15, 0.2) is 6.20 Å². The lowest BCUT2D eigenvalue weighted by atomic mass is 9.81. The van der Waals surface area contributed by atoms with E-state index in [2.05, 4.69) is 10.3 Å². The highest BCUT2D eigenvalue weighted by atomic mass is 19.3. The van der Waals surface area contributed by atoms with Gasteiger partial charge >= 0.3 is 0 Å². The molecule has 0 amide bonds. The summed E-state index contributed by atoms with van der Waals surface area (Å²) < 4.78 is 27.9. The van der Waals surface area contributed by atoms with Crippen molar-refractivity contribution in [3.8, 4) is 0 Å². The minimum absolute atomic E-state index is 0.0565. The first-order chi connectivity index (χ1) is 8.03. The molecule has 1 aromatic heterocycles. The minimum atomic E-state index is -2.50. The summed E-state index contributed by atoms with van der Waals surface area (Å²) in [4.78, 5) is 0. The molecule has 1 aliphatic carbocycles. The third-order valence-electron chi connectivity index (χ3n) is 3.56. The van der Waals surface area contributed by atoms with E-state index in [1.54, 1.807) is 10.9 Å². The predicted molar refractivity (Wildman–Crippen MR) is 59.5 cm³/mol. The fourth-order valence-electron chi connectivity index (χ4n) is 2.43. The van der Waals surface area contributed by atoms with E-state index in [0.717, 1.165) is 5.69 Å². The maximum absolute atomic E-state index is 13.1. The lowest BCUT2D eigenvalue weighted by Gasteiger charge is -2.31. The third-order valence-corrected chi connectivity index (χ3v) is 3.56. The number of alkyl halides is 2. The van der Waals surface area contributed by atoms with Crippen LogP contribution in [-0.4, -0.2) is 20.9 Å². The van der Waals surface area contributed by atoms with E-state index in [9.17, 15) is 8.78 Å². The molecule has 1 aliphatic rings. The standard InChI is InChI=1S/C11H18F2N4/c1-2-17-9(7-15-16-17)10(14)8-3-5-11(12,13)6-4-8/h7-8,10H,2-6,14H2,1H3. The Kier molecular flexibility index (Phi) is 3.42. The molecule has 96 valence electrons. The topological polar surface area (TPSA) is 56.7 Å². The first kappa shape index (κ1) is 12.4. The summed E-state index contributed by atoms with van der Waals surface area (Å²) in [5.41, 5.74) is 6.98. The summed E-state index contributed by atoms with van der Waals surface area (Å²) in [6.07, 6.45) is 2.48. The zero-order chi connectivity index (χ0) is 12.5. The van der Waals surface area contributed by atoms with Crippen molar-refractivity contribution in [3.63, 3.8) is 0 Å². The molecule has 4 nitrogen and oxygen atoms in total. The Balaban J connectivity index is 2.04. The molecular formula is C11H18F2N4. The highest BCUT2D eigenvalue weighted by Gasteiger charge is 2.37. The van der Waals surface area contributed by atoms with Crippen LogP contribution in [0.25, 0.3) is 0 Å². The molecule has 1 fully saturated rings. The van der Waals surface area contributed by atoms with Gasteiger partial charge in [0.2, 0.25) is 5.92 Å². The molecule has 0 radical (unpaired) electrons. The van der Waals surface area contributed by atoms with Crippen molar-refractivity contribution in [2.75, 3.05) is 0 Å². The highest BCUT2D eigenvalue weighted by Crippen LogP contribution is 2.40. The van der Waals surface area contributed by atoms with Crippen molar-refractivity contribution in [1.82, 2.24) is 15.0 Å². The lowest BCUT2D eigenvalue weighted by Crippen LogP contribution is -2.32. The van der Waals surface area contributed by atoms with Gasteiger partial charge in [-0.05, 0) is 25.7 Å². The number of hydrogen-bond acceptors (Lipinski definition) is 3. The van der Waals surface area contributed by atoms with E-state index in [-0.39, 0.29) is 24.8 Å². The van der Waals surface area contributed by atoms with Gasteiger partial charge in [-0.2, -0.15) is 0 Å². The van der Waals surface area contributed by atoms with Gasteiger partial charge in [0, 0.05) is 19.4 Å². The van der Waals surface area contributed by atoms with Crippen LogP contribution in [0.2, 0.25) is 0 Å². The van der Waals surface area contributed by atoms with Crippen LogP contribution in [0.5, 0.6) is 0 Å². The Morgan fingerprint density at radius 1 is 1.53 bits per heavy atom. The average Bonchev–Trinajstić information content (AvgIpc) is 2.76. The van der Waals surface area contributed by atoms with Crippen molar-refractivity contribution in [1.29, 1.82) is 0 Å². The molecule has 0 aromatic carbocycles. The van der Waals surface area contributed by atoms with E-state index < -0.39 is 5.92 Å². The molecule has 1 aromatic rings. The Bertz CT molecular complexity index is 367. The Hall–Kier alpha value is -1.04. The van der Waals surface area contributed by atoms with Crippen molar-refractivity contribution >= 4 is 0 Å². The van der Waals surface area contributed by atoms with Gasteiger partial charge in [0.1, 0.15) is 0 Å². The molecule has 1 atom stereocenters. The summed E-state index contributed by atoms with van der Waals surface area (Å²) >= 11 is 0. The molecule has 2 N–H and O–H groups in total. The molecule has 0 saturated heterocycles. The molecule has 0 spiro atoms. The molecule has 1 saturated carbocycles. The van der Waals surface area contributed by atoms with Crippen LogP contribution in [-0.2, 0) is 6.54 Å². The average molecular weight is 244 g/mol. The number of aryl methyl sites for hydroxylation is 1. The molecule has 6 heteroatoms. The zero-order valence-electron chi connectivity index (χ0n) is 9.94. The van der Waals surface area contributed by atoms with E-state index in [1.165, 1.54) is 0 Å². The van der Waals surface area contributed by atoms with Gasteiger partial charge in [0.15, 0.2) is 0 Å². The highest BCUT2D eigenvalue weighted by molar-refractivity contribution is 5.04. The van der Waals surface area contributed by atoms with Crippen LogP contribution in [0, 0.1) is 5.92 Å². The van der Waals surface area contributed by atoms with E-state index >= 15 is 0 Å².